The third kappa shape index (κ3) is 5.61. The predicted molar refractivity (Wildman–Crippen MR) is 102 cm³/mol. The average Bonchev–Trinajstić information content (AvgIpc) is 3.18. The second-order valence-corrected chi connectivity index (χ2v) is 6.70. The molecule has 27 heavy (non-hydrogen) atoms. The molecule has 0 aliphatic carbocycles. The maximum absolute atomic E-state index is 12.5. The van der Waals surface area contributed by atoms with Gasteiger partial charge in [0, 0.05) is 18.8 Å². The van der Waals surface area contributed by atoms with E-state index in [1.807, 2.05) is 23.1 Å². The monoisotopic (exact) mass is 370 g/mol. The Bertz CT molecular complexity index is 734. The van der Waals surface area contributed by atoms with Crippen LogP contribution in [0.5, 0.6) is 0 Å². The summed E-state index contributed by atoms with van der Waals surface area (Å²) in [6, 6.07) is 10.8. The number of anilines is 1. The number of amides is 1. The van der Waals surface area contributed by atoms with Crippen LogP contribution in [0.1, 0.15) is 48.2 Å². The Morgan fingerprint density at radius 2 is 1.74 bits per heavy atom. The Morgan fingerprint density at radius 3 is 2.48 bits per heavy atom. The van der Waals surface area contributed by atoms with Crippen LogP contribution in [0.3, 0.4) is 0 Å². The molecule has 6 heteroatoms. The topological polar surface area (TPSA) is 71.8 Å². The maximum atomic E-state index is 12.5. The number of hydrogen-bond donors (Lipinski definition) is 1. The standard InChI is InChI=1S/C21H26N2O4/c24-20(23-12-6-2-1-3-7-13-23)16-27-21(25)18-10-4-5-11-19(18)22-15-17-9-8-14-26-17/h4-5,8-11,14,22H,1-3,6-7,12-13,15-16H2. The van der Waals surface area contributed by atoms with E-state index in [-0.39, 0.29) is 12.5 Å². The molecular formula is C21H26N2O4. The van der Waals surface area contributed by atoms with Crippen LogP contribution in [-0.4, -0.2) is 36.5 Å². The van der Waals surface area contributed by atoms with Gasteiger partial charge in [-0.2, -0.15) is 0 Å². The summed E-state index contributed by atoms with van der Waals surface area (Å²) in [5, 5.41) is 3.17. The second kappa shape index (κ2) is 9.80. The summed E-state index contributed by atoms with van der Waals surface area (Å²) >= 11 is 0. The zero-order valence-corrected chi connectivity index (χ0v) is 15.5. The first-order valence-corrected chi connectivity index (χ1v) is 9.54. The quantitative estimate of drug-likeness (QED) is 0.782. The number of carbonyl (C=O) groups is 2. The third-order valence-corrected chi connectivity index (χ3v) is 4.72. The SMILES string of the molecule is O=C(OCC(=O)N1CCCCCCC1)c1ccccc1NCc1ccco1. The molecule has 3 rings (SSSR count). The second-order valence-electron chi connectivity index (χ2n) is 6.70. The van der Waals surface area contributed by atoms with Gasteiger partial charge in [-0.1, -0.05) is 31.4 Å². The van der Waals surface area contributed by atoms with Crippen molar-refractivity contribution in [1.29, 1.82) is 0 Å². The average molecular weight is 370 g/mol. The number of carbonyl (C=O) groups excluding carboxylic acids is 2. The van der Waals surface area contributed by atoms with Crippen LogP contribution in [0.25, 0.3) is 0 Å². The van der Waals surface area contributed by atoms with Crippen molar-refractivity contribution >= 4 is 17.6 Å². The first-order valence-electron chi connectivity index (χ1n) is 9.54. The number of para-hydroxylation sites is 1. The van der Waals surface area contributed by atoms with Gasteiger partial charge in [-0.25, -0.2) is 4.79 Å². The van der Waals surface area contributed by atoms with Gasteiger partial charge >= 0.3 is 5.97 Å². The largest absolute Gasteiger partial charge is 0.467 e. The molecule has 0 atom stereocenters. The van der Waals surface area contributed by atoms with Crippen LogP contribution >= 0.6 is 0 Å². The molecule has 0 unspecified atom stereocenters. The molecule has 1 amide bonds. The van der Waals surface area contributed by atoms with E-state index < -0.39 is 5.97 Å². The van der Waals surface area contributed by atoms with E-state index in [9.17, 15) is 9.59 Å². The lowest BCUT2D eigenvalue weighted by atomic mass is 10.1. The van der Waals surface area contributed by atoms with Crippen molar-refractivity contribution in [3.8, 4) is 0 Å². The van der Waals surface area contributed by atoms with Crippen LogP contribution in [-0.2, 0) is 16.1 Å². The van der Waals surface area contributed by atoms with E-state index in [0.717, 1.165) is 44.5 Å². The first kappa shape index (κ1) is 19.0. The predicted octanol–water partition coefficient (Wildman–Crippen LogP) is 3.84. The van der Waals surface area contributed by atoms with E-state index in [1.165, 1.54) is 6.42 Å². The lowest BCUT2D eigenvalue weighted by molar-refractivity contribution is -0.134. The molecule has 0 radical (unpaired) electrons. The van der Waals surface area contributed by atoms with Crippen molar-refractivity contribution in [2.24, 2.45) is 0 Å². The number of hydrogen-bond acceptors (Lipinski definition) is 5. The minimum atomic E-state index is -0.502. The number of rotatable bonds is 6. The van der Waals surface area contributed by atoms with Crippen molar-refractivity contribution in [3.05, 3.63) is 54.0 Å². The molecule has 2 heterocycles. The molecule has 0 bridgehead atoms. The van der Waals surface area contributed by atoms with E-state index in [1.54, 1.807) is 24.5 Å². The van der Waals surface area contributed by atoms with Crippen LogP contribution < -0.4 is 5.32 Å². The number of nitrogens with one attached hydrogen (secondary N) is 1. The molecule has 0 saturated carbocycles. The minimum Gasteiger partial charge on any atom is -0.467 e. The zero-order valence-electron chi connectivity index (χ0n) is 15.5. The van der Waals surface area contributed by atoms with Crippen molar-refractivity contribution in [1.82, 2.24) is 4.90 Å². The van der Waals surface area contributed by atoms with Gasteiger partial charge < -0.3 is 19.4 Å². The minimum absolute atomic E-state index is 0.119. The van der Waals surface area contributed by atoms with E-state index in [2.05, 4.69) is 5.32 Å². The highest BCUT2D eigenvalue weighted by atomic mass is 16.5. The molecule has 1 aliphatic heterocycles. The Hall–Kier alpha value is -2.76. The number of likely N-dealkylation sites (tertiary alicyclic amines) is 1. The Kier molecular flexibility index (Phi) is 6.90. The number of esters is 1. The molecule has 1 fully saturated rings. The summed E-state index contributed by atoms with van der Waals surface area (Å²) in [5.74, 6) is 0.148. The van der Waals surface area contributed by atoms with Gasteiger partial charge in [0.2, 0.25) is 0 Å². The van der Waals surface area contributed by atoms with Crippen LogP contribution in [0.15, 0.2) is 47.1 Å². The lowest BCUT2D eigenvalue weighted by Crippen LogP contribution is -2.37. The van der Waals surface area contributed by atoms with Crippen molar-refractivity contribution < 1.29 is 18.7 Å². The van der Waals surface area contributed by atoms with E-state index in [4.69, 9.17) is 9.15 Å². The van der Waals surface area contributed by atoms with Gasteiger partial charge in [0.1, 0.15) is 5.76 Å². The molecule has 1 aromatic heterocycles. The first-order chi connectivity index (χ1) is 13.2. The Balaban J connectivity index is 1.55. The van der Waals surface area contributed by atoms with E-state index >= 15 is 0 Å². The number of nitrogens with zero attached hydrogens (tertiary/aromatic N) is 1. The smallest absolute Gasteiger partial charge is 0.340 e. The summed E-state index contributed by atoms with van der Waals surface area (Å²) in [4.78, 5) is 26.7. The fourth-order valence-electron chi connectivity index (χ4n) is 3.20. The van der Waals surface area contributed by atoms with Crippen LogP contribution in [0, 0.1) is 0 Å². The van der Waals surface area contributed by atoms with Gasteiger partial charge in [-0.05, 0) is 37.1 Å². The van der Waals surface area contributed by atoms with Gasteiger partial charge in [0.05, 0.1) is 18.4 Å². The highest BCUT2D eigenvalue weighted by Crippen LogP contribution is 2.18. The van der Waals surface area contributed by atoms with Gasteiger partial charge in [0.25, 0.3) is 5.91 Å². The maximum Gasteiger partial charge on any atom is 0.340 e. The van der Waals surface area contributed by atoms with Crippen molar-refractivity contribution in [3.63, 3.8) is 0 Å². The highest BCUT2D eigenvalue weighted by molar-refractivity contribution is 5.96. The Labute approximate surface area is 159 Å². The molecule has 2 aromatic rings. The Morgan fingerprint density at radius 1 is 1.00 bits per heavy atom. The molecule has 1 saturated heterocycles. The molecule has 144 valence electrons. The van der Waals surface area contributed by atoms with Crippen molar-refractivity contribution in [2.45, 2.75) is 38.6 Å². The number of benzene rings is 1. The molecular weight excluding hydrogens is 344 g/mol. The molecule has 1 aliphatic rings. The number of furan rings is 1. The van der Waals surface area contributed by atoms with E-state index in [0.29, 0.717) is 17.8 Å². The number of ether oxygens (including phenoxy) is 1. The molecule has 1 aromatic carbocycles. The third-order valence-electron chi connectivity index (χ3n) is 4.72. The molecule has 1 N–H and O–H groups in total. The zero-order chi connectivity index (χ0) is 18.9. The summed E-state index contributed by atoms with van der Waals surface area (Å²) in [6.45, 7) is 1.74. The fraction of sp³-hybridized carbons (Fsp3) is 0.429. The van der Waals surface area contributed by atoms with Crippen molar-refractivity contribution in [2.75, 3.05) is 25.0 Å². The lowest BCUT2D eigenvalue weighted by Gasteiger charge is -2.24. The normalized spacial score (nSPS) is 14.9. The van der Waals surface area contributed by atoms with Gasteiger partial charge in [-0.3, -0.25) is 4.79 Å². The fourth-order valence-corrected chi connectivity index (χ4v) is 3.20. The van der Waals surface area contributed by atoms with Gasteiger partial charge in [0.15, 0.2) is 6.61 Å². The van der Waals surface area contributed by atoms with Crippen LogP contribution in [0.4, 0.5) is 5.69 Å². The highest BCUT2D eigenvalue weighted by Gasteiger charge is 2.18. The molecule has 6 nitrogen and oxygen atoms in total. The summed E-state index contributed by atoms with van der Waals surface area (Å²) in [7, 11) is 0. The van der Waals surface area contributed by atoms with Gasteiger partial charge in [-0.15, -0.1) is 0 Å². The summed E-state index contributed by atoms with van der Waals surface area (Å²) < 4.78 is 10.6. The molecule has 0 spiro atoms. The van der Waals surface area contributed by atoms with Crippen LogP contribution in [0.2, 0.25) is 0 Å². The summed E-state index contributed by atoms with van der Waals surface area (Å²) in [6.07, 6.45) is 7.17. The summed E-state index contributed by atoms with van der Waals surface area (Å²) in [5.41, 5.74) is 1.06.